The molecule has 1 aromatic carbocycles. The molecule has 1 rings (SSSR count). The number of methoxy groups -OCH3 is 1. The van der Waals surface area contributed by atoms with Crippen molar-refractivity contribution < 1.29 is 27.5 Å². The molecular weight excluding hydrogens is 384 g/mol. The van der Waals surface area contributed by atoms with Gasteiger partial charge in [0.2, 0.25) is 10.0 Å². The Balaban J connectivity index is 2.99. The minimum absolute atomic E-state index is 0.000630. The summed E-state index contributed by atoms with van der Waals surface area (Å²) in [4.78, 5) is 25.8. The summed E-state index contributed by atoms with van der Waals surface area (Å²) < 4.78 is 37.6. The number of rotatable bonds is 10. The van der Waals surface area contributed by atoms with Crippen LogP contribution in [0.4, 0.5) is 0 Å². The second kappa shape index (κ2) is 10.2. The Morgan fingerprint density at radius 1 is 1.29 bits per heavy atom. The van der Waals surface area contributed by atoms with Gasteiger partial charge in [-0.1, -0.05) is 12.2 Å². The van der Waals surface area contributed by atoms with Crippen molar-refractivity contribution in [2.75, 3.05) is 26.8 Å². The molecule has 28 heavy (non-hydrogen) atoms. The maximum absolute atomic E-state index is 12.5. The van der Waals surface area contributed by atoms with E-state index in [-0.39, 0.29) is 28.2 Å². The summed E-state index contributed by atoms with van der Waals surface area (Å²) >= 11 is 0. The van der Waals surface area contributed by atoms with Gasteiger partial charge in [0, 0.05) is 19.1 Å². The number of amides is 1. The van der Waals surface area contributed by atoms with Crippen LogP contribution in [0.1, 0.15) is 38.1 Å². The first-order valence-corrected chi connectivity index (χ1v) is 10.3. The van der Waals surface area contributed by atoms with Crippen molar-refractivity contribution >= 4 is 21.9 Å². The molecular formula is C19H28N2O6S. The van der Waals surface area contributed by atoms with Gasteiger partial charge in [-0.25, -0.2) is 17.9 Å². The Morgan fingerprint density at radius 3 is 2.43 bits per heavy atom. The van der Waals surface area contributed by atoms with Crippen molar-refractivity contribution in [2.45, 2.75) is 38.6 Å². The standard InChI is InChI=1S/C19H28N2O6S/c1-7-21(11-13(2)3)18(22)12-27-19(23)15-8-9-16(26-6)17(10-15)28(24,25)20-14(4)5/h8-10,14,20H,2,7,11-12H2,1,3-6H3. The lowest BCUT2D eigenvalue weighted by atomic mass is 10.2. The van der Waals surface area contributed by atoms with Crippen LogP contribution in [0, 0.1) is 0 Å². The zero-order valence-electron chi connectivity index (χ0n) is 16.9. The zero-order valence-corrected chi connectivity index (χ0v) is 17.8. The molecule has 0 spiro atoms. The van der Waals surface area contributed by atoms with Gasteiger partial charge in [-0.3, -0.25) is 4.79 Å². The number of hydrogen-bond donors (Lipinski definition) is 1. The Kier molecular flexibility index (Phi) is 8.64. The zero-order chi connectivity index (χ0) is 21.5. The van der Waals surface area contributed by atoms with Crippen LogP contribution in [0.3, 0.4) is 0 Å². The fourth-order valence-electron chi connectivity index (χ4n) is 2.39. The Bertz CT molecular complexity index is 833. The molecule has 1 aromatic rings. The molecule has 0 unspecified atom stereocenters. The average molecular weight is 413 g/mol. The molecule has 0 radical (unpaired) electrons. The first-order chi connectivity index (χ1) is 13.0. The molecule has 9 heteroatoms. The molecule has 0 heterocycles. The van der Waals surface area contributed by atoms with Gasteiger partial charge < -0.3 is 14.4 Å². The smallest absolute Gasteiger partial charge is 0.338 e. The van der Waals surface area contributed by atoms with Crippen LogP contribution in [0.2, 0.25) is 0 Å². The van der Waals surface area contributed by atoms with E-state index >= 15 is 0 Å². The molecule has 0 aliphatic rings. The Hall–Kier alpha value is -2.39. The maximum Gasteiger partial charge on any atom is 0.338 e. The quantitative estimate of drug-likeness (QED) is 0.466. The van der Waals surface area contributed by atoms with Crippen molar-refractivity contribution in [1.29, 1.82) is 0 Å². The number of carbonyl (C=O) groups excluding carboxylic acids is 2. The minimum Gasteiger partial charge on any atom is -0.495 e. The normalized spacial score (nSPS) is 11.2. The molecule has 0 saturated carbocycles. The number of likely N-dealkylation sites (N-methyl/N-ethyl adjacent to an activating group) is 1. The van der Waals surface area contributed by atoms with Crippen LogP contribution in [-0.4, -0.2) is 58.0 Å². The van der Waals surface area contributed by atoms with Gasteiger partial charge in [-0.2, -0.15) is 0 Å². The molecule has 0 aliphatic heterocycles. The van der Waals surface area contributed by atoms with Gasteiger partial charge in [0.25, 0.3) is 5.91 Å². The maximum atomic E-state index is 12.5. The van der Waals surface area contributed by atoms with E-state index in [0.29, 0.717) is 13.1 Å². The van der Waals surface area contributed by atoms with Crippen LogP contribution in [0.15, 0.2) is 35.2 Å². The molecule has 1 amide bonds. The highest BCUT2D eigenvalue weighted by molar-refractivity contribution is 7.89. The number of nitrogens with zero attached hydrogens (tertiary/aromatic N) is 1. The van der Waals surface area contributed by atoms with Crippen molar-refractivity contribution in [2.24, 2.45) is 0 Å². The second-order valence-corrected chi connectivity index (χ2v) is 8.27. The van der Waals surface area contributed by atoms with Crippen LogP contribution >= 0.6 is 0 Å². The largest absolute Gasteiger partial charge is 0.495 e. The molecule has 0 aliphatic carbocycles. The first-order valence-electron chi connectivity index (χ1n) is 8.81. The van der Waals surface area contributed by atoms with Crippen molar-refractivity contribution in [3.8, 4) is 5.75 Å². The number of nitrogens with one attached hydrogen (secondary N) is 1. The average Bonchev–Trinajstić information content (AvgIpc) is 2.62. The lowest BCUT2D eigenvalue weighted by Gasteiger charge is -2.20. The molecule has 0 fully saturated rings. The third-order valence-corrected chi connectivity index (χ3v) is 5.28. The van der Waals surface area contributed by atoms with E-state index in [0.717, 1.165) is 5.57 Å². The van der Waals surface area contributed by atoms with E-state index in [2.05, 4.69) is 11.3 Å². The topological polar surface area (TPSA) is 102 Å². The molecule has 1 N–H and O–H groups in total. The van der Waals surface area contributed by atoms with E-state index in [9.17, 15) is 18.0 Å². The summed E-state index contributed by atoms with van der Waals surface area (Å²) in [7, 11) is -2.55. The van der Waals surface area contributed by atoms with Gasteiger partial charge >= 0.3 is 5.97 Å². The number of esters is 1. The summed E-state index contributed by atoms with van der Waals surface area (Å²) in [6.45, 7) is 11.1. The van der Waals surface area contributed by atoms with Gasteiger partial charge in [-0.15, -0.1) is 0 Å². The van der Waals surface area contributed by atoms with Crippen molar-refractivity contribution in [1.82, 2.24) is 9.62 Å². The highest BCUT2D eigenvalue weighted by Gasteiger charge is 2.23. The summed E-state index contributed by atoms with van der Waals surface area (Å²) in [5, 5.41) is 0. The molecule has 0 saturated heterocycles. The Morgan fingerprint density at radius 2 is 1.93 bits per heavy atom. The second-order valence-electron chi connectivity index (χ2n) is 6.58. The minimum atomic E-state index is -3.89. The van der Waals surface area contributed by atoms with Gasteiger partial charge in [0.05, 0.1) is 12.7 Å². The van der Waals surface area contributed by atoms with E-state index in [1.54, 1.807) is 20.8 Å². The lowest BCUT2D eigenvalue weighted by Crippen LogP contribution is -2.35. The van der Waals surface area contributed by atoms with Crippen LogP contribution in [0.25, 0.3) is 0 Å². The number of benzene rings is 1. The SMILES string of the molecule is C=C(C)CN(CC)C(=O)COC(=O)c1ccc(OC)c(S(=O)(=O)NC(C)C)c1. The fraction of sp³-hybridized carbons (Fsp3) is 0.474. The van der Waals surface area contributed by atoms with E-state index < -0.39 is 22.6 Å². The number of sulfonamides is 1. The summed E-state index contributed by atoms with van der Waals surface area (Å²) in [5.41, 5.74) is 0.810. The van der Waals surface area contributed by atoms with Gasteiger partial charge in [0.15, 0.2) is 6.61 Å². The summed E-state index contributed by atoms with van der Waals surface area (Å²) in [6.07, 6.45) is 0. The Labute approximate surface area is 166 Å². The number of ether oxygens (including phenoxy) is 2. The predicted octanol–water partition coefficient (Wildman–Crippen LogP) is 1.96. The molecule has 0 atom stereocenters. The lowest BCUT2D eigenvalue weighted by molar-refractivity contribution is -0.133. The third-order valence-electron chi connectivity index (χ3n) is 3.60. The number of hydrogen-bond acceptors (Lipinski definition) is 6. The van der Waals surface area contributed by atoms with E-state index in [1.807, 2.05) is 6.92 Å². The molecule has 8 nitrogen and oxygen atoms in total. The molecule has 0 bridgehead atoms. The summed E-state index contributed by atoms with van der Waals surface area (Å²) in [6, 6.07) is 3.58. The van der Waals surface area contributed by atoms with Crippen LogP contribution < -0.4 is 9.46 Å². The fourth-order valence-corrected chi connectivity index (χ4v) is 3.84. The van der Waals surface area contributed by atoms with Gasteiger partial charge in [0.1, 0.15) is 10.6 Å². The monoisotopic (exact) mass is 412 g/mol. The van der Waals surface area contributed by atoms with Crippen LogP contribution in [-0.2, 0) is 19.6 Å². The summed E-state index contributed by atoms with van der Waals surface area (Å²) in [5.74, 6) is -1.07. The van der Waals surface area contributed by atoms with E-state index in [1.165, 1.54) is 30.2 Å². The number of carbonyl (C=O) groups is 2. The predicted molar refractivity (Wildman–Crippen MR) is 106 cm³/mol. The molecule has 156 valence electrons. The van der Waals surface area contributed by atoms with E-state index in [4.69, 9.17) is 9.47 Å². The van der Waals surface area contributed by atoms with Crippen molar-refractivity contribution in [3.63, 3.8) is 0 Å². The van der Waals surface area contributed by atoms with Crippen LogP contribution in [0.5, 0.6) is 5.75 Å². The third kappa shape index (κ3) is 6.65. The first kappa shape index (κ1) is 23.6. The highest BCUT2D eigenvalue weighted by atomic mass is 32.2. The van der Waals surface area contributed by atoms with Gasteiger partial charge in [-0.05, 0) is 45.9 Å². The highest BCUT2D eigenvalue weighted by Crippen LogP contribution is 2.25. The molecule has 0 aromatic heterocycles. The van der Waals surface area contributed by atoms with Crippen molar-refractivity contribution in [3.05, 3.63) is 35.9 Å².